The highest BCUT2D eigenvalue weighted by Gasteiger charge is 2.36. The number of nitrogens with one attached hydrogen (secondary N) is 2. The molecule has 4 heteroatoms. The molecule has 3 unspecified atom stereocenters. The second kappa shape index (κ2) is 6.76. The van der Waals surface area contributed by atoms with Crippen molar-refractivity contribution in [1.82, 2.24) is 10.6 Å². The highest BCUT2D eigenvalue weighted by Crippen LogP contribution is 2.30. The zero-order chi connectivity index (χ0) is 12.3. The number of amides is 1. The first kappa shape index (κ1) is 15.8. The van der Waals surface area contributed by atoms with Gasteiger partial charge in [-0.25, -0.2) is 0 Å². The lowest BCUT2D eigenvalue weighted by atomic mass is 9.80. The minimum absolute atomic E-state index is 0. The van der Waals surface area contributed by atoms with E-state index in [9.17, 15) is 4.79 Å². The lowest BCUT2D eigenvalue weighted by Gasteiger charge is -2.30. The molecule has 1 aliphatic carbocycles. The molecule has 2 aliphatic rings. The van der Waals surface area contributed by atoms with E-state index in [4.69, 9.17) is 0 Å². The van der Waals surface area contributed by atoms with Crippen LogP contribution in [0.3, 0.4) is 0 Å². The molecule has 3 atom stereocenters. The maximum absolute atomic E-state index is 12.2. The Hall–Kier alpha value is -0.280. The molecule has 0 aromatic heterocycles. The summed E-state index contributed by atoms with van der Waals surface area (Å²) in [4.78, 5) is 12.2. The normalized spacial score (nSPS) is 35.9. The molecular weight excluding hydrogens is 248 g/mol. The van der Waals surface area contributed by atoms with Crippen LogP contribution >= 0.6 is 12.4 Å². The maximum atomic E-state index is 12.2. The number of hydrogen-bond donors (Lipinski definition) is 2. The highest BCUT2D eigenvalue weighted by molar-refractivity contribution is 5.85. The summed E-state index contributed by atoms with van der Waals surface area (Å²) >= 11 is 0. The summed E-state index contributed by atoms with van der Waals surface area (Å²) in [5.41, 5.74) is -0.169. The van der Waals surface area contributed by atoms with Crippen LogP contribution in [0.2, 0.25) is 0 Å². The van der Waals surface area contributed by atoms with Gasteiger partial charge in [-0.15, -0.1) is 12.4 Å². The lowest BCUT2D eigenvalue weighted by molar-refractivity contribution is -0.129. The van der Waals surface area contributed by atoms with Crippen LogP contribution in [0.1, 0.15) is 46.0 Å². The Labute approximate surface area is 117 Å². The second-order valence-electron chi connectivity index (χ2n) is 6.22. The minimum atomic E-state index is -0.169. The lowest BCUT2D eigenvalue weighted by Crippen LogP contribution is -2.43. The van der Waals surface area contributed by atoms with Crippen LogP contribution in [0, 0.1) is 17.3 Å². The summed E-state index contributed by atoms with van der Waals surface area (Å²) in [6.07, 6.45) is 6.30. The second-order valence-corrected chi connectivity index (χ2v) is 6.22. The average Bonchev–Trinajstić information content (AvgIpc) is 2.76. The Balaban J connectivity index is 0.00000162. The van der Waals surface area contributed by atoms with Crippen molar-refractivity contribution in [2.45, 2.75) is 46.0 Å². The highest BCUT2D eigenvalue weighted by atomic mass is 35.5. The van der Waals surface area contributed by atoms with E-state index in [1.54, 1.807) is 0 Å². The first-order valence-electron chi connectivity index (χ1n) is 7.11. The van der Waals surface area contributed by atoms with Crippen molar-refractivity contribution in [1.29, 1.82) is 0 Å². The summed E-state index contributed by atoms with van der Waals surface area (Å²) in [6, 6.07) is 0. The Bertz CT molecular complexity index is 277. The molecule has 0 spiro atoms. The molecule has 0 radical (unpaired) electrons. The van der Waals surface area contributed by atoms with Crippen molar-refractivity contribution in [2.75, 3.05) is 19.6 Å². The number of carbonyl (C=O) groups is 1. The van der Waals surface area contributed by atoms with Crippen molar-refractivity contribution in [3.05, 3.63) is 0 Å². The van der Waals surface area contributed by atoms with E-state index in [1.165, 1.54) is 25.7 Å². The number of hydrogen-bond acceptors (Lipinski definition) is 2. The predicted molar refractivity (Wildman–Crippen MR) is 77.0 cm³/mol. The van der Waals surface area contributed by atoms with Crippen LogP contribution in [-0.4, -0.2) is 25.5 Å². The van der Waals surface area contributed by atoms with E-state index in [2.05, 4.69) is 24.5 Å². The third-order valence-corrected chi connectivity index (χ3v) is 4.73. The van der Waals surface area contributed by atoms with E-state index >= 15 is 0 Å². The van der Waals surface area contributed by atoms with Gasteiger partial charge in [-0.3, -0.25) is 4.79 Å². The standard InChI is InChI=1S/C14H26N2O.ClH/c1-11-5-3-4-6-12(11)9-16-13(17)14(2)7-8-15-10-14;/h11-12,15H,3-10H2,1-2H3,(H,16,17);1H. The summed E-state index contributed by atoms with van der Waals surface area (Å²) in [5.74, 6) is 1.73. The SMILES string of the molecule is CC1CCCCC1CNC(=O)C1(C)CCNC1.Cl. The molecule has 1 saturated heterocycles. The fourth-order valence-electron chi connectivity index (χ4n) is 3.14. The molecule has 1 aliphatic heterocycles. The van der Waals surface area contributed by atoms with Crippen LogP contribution in [0.15, 0.2) is 0 Å². The summed E-state index contributed by atoms with van der Waals surface area (Å²) in [7, 11) is 0. The molecule has 0 aromatic carbocycles. The Kier molecular flexibility index (Phi) is 5.93. The zero-order valence-electron chi connectivity index (χ0n) is 11.6. The smallest absolute Gasteiger partial charge is 0.227 e. The van der Waals surface area contributed by atoms with E-state index in [0.717, 1.165) is 32.0 Å². The van der Waals surface area contributed by atoms with Crippen molar-refractivity contribution in [3.8, 4) is 0 Å². The van der Waals surface area contributed by atoms with E-state index in [-0.39, 0.29) is 23.7 Å². The van der Waals surface area contributed by atoms with Crippen LogP contribution in [0.25, 0.3) is 0 Å². The maximum Gasteiger partial charge on any atom is 0.227 e. The first-order valence-corrected chi connectivity index (χ1v) is 7.11. The molecule has 2 N–H and O–H groups in total. The summed E-state index contributed by atoms with van der Waals surface area (Å²) < 4.78 is 0. The molecule has 1 amide bonds. The van der Waals surface area contributed by atoms with Gasteiger partial charge in [-0.2, -0.15) is 0 Å². The summed E-state index contributed by atoms with van der Waals surface area (Å²) in [6.45, 7) is 7.10. The van der Waals surface area contributed by atoms with Gasteiger partial charge in [-0.05, 0) is 38.1 Å². The van der Waals surface area contributed by atoms with E-state index < -0.39 is 0 Å². The molecule has 1 saturated carbocycles. The van der Waals surface area contributed by atoms with Crippen LogP contribution in [0.4, 0.5) is 0 Å². The molecule has 3 nitrogen and oxygen atoms in total. The number of rotatable bonds is 3. The van der Waals surface area contributed by atoms with Crippen LogP contribution < -0.4 is 10.6 Å². The minimum Gasteiger partial charge on any atom is -0.355 e. The third kappa shape index (κ3) is 3.61. The molecule has 0 aromatic rings. The predicted octanol–water partition coefficient (Wildman–Crippen LogP) is 2.35. The fraction of sp³-hybridized carbons (Fsp3) is 0.929. The summed E-state index contributed by atoms with van der Waals surface area (Å²) in [5, 5.41) is 6.47. The van der Waals surface area contributed by atoms with Gasteiger partial charge in [0.15, 0.2) is 0 Å². The molecule has 2 fully saturated rings. The van der Waals surface area contributed by atoms with Gasteiger partial charge in [0.05, 0.1) is 5.41 Å². The Morgan fingerprint density at radius 3 is 2.72 bits per heavy atom. The van der Waals surface area contributed by atoms with Gasteiger partial charge in [0, 0.05) is 13.1 Å². The van der Waals surface area contributed by atoms with Gasteiger partial charge in [0.1, 0.15) is 0 Å². The van der Waals surface area contributed by atoms with E-state index in [1.807, 2.05) is 0 Å². The van der Waals surface area contributed by atoms with Gasteiger partial charge in [-0.1, -0.05) is 26.2 Å². The van der Waals surface area contributed by atoms with Gasteiger partial charge >= 0.3 is 0 Å². The molecule has 2 rings (SSSR count). The van der Waals surface area contributed by atoms with Crippen LogP contribution in [0.5, 0.6) is 0 Å². The number of carbonyl (C=O) groups excluding carboxylic acids is 1. The van der Waals surface area contributed by atoms with E-state index in [0.29, 0.717) is 5.92 Å². The van der Waals surface area contributed by atoms with Gasteiger partial charge in [0.2, 0.25) is 5.91 Å². The topological polar surface area (TPSA) is 41.1 Å². The fourth-order valence-corrected chi connectivity index (χ4v) is 3.14. The van der Waals surface area contributed by atoms with Gasteiger partial charge in [0.25, 0.3) is 0 Å². The molecule has 0 bridgehead atoms. The van der Waals surface area contributed by atoms with Gasteiger partial charge < -0.3 is 10.6 Å². The molecule has 18 heavy (non-hydrogen) atoms. The van der Waals surface area contributed by atoms with Crippen molar-refractivity contribution < 1.29 is 4.79 Å². The Morgan fingerprint density at radius 2 is 2.11 bits per heavy atom. The van der Waals surface area contributed by atoms with Crippen molar-refractivity contribution in [3.63, 3.8) is 0 Å². The molecular formula is C14H27ClN2O. The first-order chi connectivity index (χ1) is 8.12. The third-order valence-electron chi connectivity index (χ3n) is 4.73. The van der Waals surface area contributed by atoms with Crippen LogP contribution in [-0.2, 0) is 4.79 Å². The van der Waals surface area contributed by atoms with Crippen molar-refractivity contribution >= 4 is 18.3 Å². The molecule has 1 heterocycles. The van der Waals surface area contributed by atoms with Crippen molar-refractivity contribution in [2.24, 2.45) is 17.3 Å². The average molecular weight is 275 g/mol. The zero-order valence-corrected chi connectivity index (χ0v) is 12.4. The number of halogens is 1. The quantitative estimate of drug-likeness (QED) is 0.830. The molecule has 106 valence electrons. The largest absolute Gasteiger partial charge is 0.355 e. The Morgan fingerprint density at radius 1 is 1.39 bits per heavy atom. The monoisotopic (exact) mass is 274 g/mol.